The number of carbonyl (C=O) groups excluding carboxylic acids is 2. The molecule has 0 aliphatic carbocycles. The Morgan fingerprint density at radius 1 is 0.865 bits per heavy atom. The highest BCUT2D eigenvalue weighted by Crippen LogP contribution is 2.25. The minimum atomic E-state index is -4.06. The van der Waals surface area contributed by atoms with Crippen molar-refractivity contribution in [3.63, 3.8) is 0 Å². The average Bonchev–Trinajstić information content (AvgIpc) is 2.87. The van der Waals surface area contributed by atoms with Gasteiger partial charge in [0, 0.05) is 13.1 Å². The zero-order chi connectivity index (χ0) is 27.0. The fraction of sp³-hybridized carbons (Fsp3) is 0.310. The number of nitrogens with zero attached hydrogens (tertiary/aromatic N) is 2. The Bertz CT molecular complexity index is 1330. The maximum absolute atomic E-state index is 13.9. The maximum atomic E-state index is 13.9. The molecule has 0 aliphatic rings. The van der Waals surface area contributed by atoms with E-state index in [4.69, 9.17) is 0 Å². The lowest BCUT2D eigenvalue weighted by Gasteiger charge is -2.33. The van der Waals surface area contributed by atoms with E-state index in [9.17, 15) is 18.0 Å². The van der Waals surface area contributed by atoms with Crippen LogP contribution in [0.1, 0.15) is 37.0 Å². The molecule has 0 unspecified atom stereocenters. The van der Waals surface area contributed by atoms with Crippen LogP contribution in [-0.4, -0.2) is 44.3 Å². The van der Waals surface area contributed by atoms with E-state index in [2.05, 4.69) is 5.32 Å². The van der Waals surface area contributed by atoms with Crippen LogP contribution in [-0.2, 0) is 26.2 Å². The zero-order valence-electron chi connectivity index (χ0n) is 21.8. The van der Waals surface area contributed by atoms with Crippen molar-refractivity contribution in [2.75, 3.05) is 17.4 Å². The molecule has 2 amide bonds. The Morgan fingerprint density at radius 3 is 2.11 bits per heavy atom. The third-order valence-corrected chi connectivity index (χ3v) is 7.86. The fourth-order valence-corrected chi connectivity index (χ4v) is 5.68. The van der Waals surface area contributed by atoms with Gasteiger partial charge in [-0.3, -0.25) is 13.9 Å². The van der Waals surface area contributed by atoms with Crippen molar-refractivity contribution >= 4 is 27.5 Å². The van der Waals surface area contributed by atoms with Crippen LogP contribution in [0.4, 0.5) is 5.69 Å². The van der Waals surface area contributed by atoms with Crippen LogP contribution in [0.5, 0.6) is 0 Å². The molecule has 0 heterocycles. The molecule has 3 aromatic carbocycles. The first-order valence-corrected chi connectivity index (χ1v) is 13.9. The standard InChI is InChI=1S/C29H35N3O4S/c1-5-27(29(34)30-6-2)31(20-24-14-10-12-22(3)18-24)28(33)21-32(25-15-11-13-23(4)19-25)37(35,36)26-16-8-7-9-17-26/h7-19,27H,5-6,20-21H2,1-4H3,(H,30,34)/t27-/m0/s1. The smallest absolute Gasteiger partial charge is 0.264 e. The maximum Gasteiger partial charge on any atom is 0.264 e. The van der Waals surface area contributed by atoms with Gasteiger partial charge in [0.1, 0.15) is 12.6 Å². The second kappa shape index (κ2) is 12.5. The van der Waals surface area contributed by atoms with Gasteiger partial charge in [0.25, 0.3) is 10.0 Å². The second-order valence-corrected chi connectivity index (χ2v) is 10.9. The summed E-state index contributed by atoms with van der Waals surface area (Å²) in [5, 5.41) is 2.81. The SMILES string of the molecule is CCNC(=O)[C@H](CC)N(Cc1cccc(C)c1)C(=O)CN(c1cccc(C)c1)S(=O)(=O)c1ccccc1. The van der Waals surface area contributed by atoms with Crippen molar-refractivity contribution in [3.8, 4) is 0 Å². The molecule has 0 radical (unpaired) electrons. The highest BCUT2D eigenvalue weighted by Gasteiger charge is 2.33. The van der Waals surface area contributed by atoms with Crippen molar-refractivity contribution in [1.29, 1.82) is 0 Å². The Labute approximate surface area is 220 Å². The molecule has 3 rings (SSSR count). The van der Waals surface area contributed by atoms with Gasteiger partial charge in [-0.15, -0.1) is 0 Å². The predicted molar refractivity (Wildman–Crippen MR) is 147 cm³/mol. The van der Waals surface area contributed by atoms with E-state index in [0.717, 1.165) is 21.0 Å². The molecule has 0 saturated heterocycles. The fourth-order valence-electron chi connectivity index (χ4n) is 4.25. The molecule has 0 fully saturated rings. The lowest BCUT2D eigenvalue weighted by atomic mass is 10.1. The van der Waals surface area contributed by atoms with E-state index in [0.29, 0.717) is 18.7 Å². The van der Waals surface area contributed by atoms with Crippen molar-refractivity contribution in [2.24, 2.45) is 0 Å². The van der Waals surface area contributed by atoms with Gasteiger partial charge >= 0.3 is 0 Å². The Hall–Kier alpha value is -3.65. The van der Waals surface area contributed by atoms with Crippen LogP contribution in [0.15, 0.2) is 83.8 Å². The van der Waals surface area contributed by atoms with Crippen molar-refractivity contribution in [2.45, 2.75) is 51.6 Å². The molecule has 0 bridgehead atoms. The number of aryl methyl sites for hydroxylation is 2. The van der Waals surface area contributed by atoms with E-state index >= 15 is 0 Å². The lowest BCUT2D eigenvalue weighted by Crippen LogP contribution is -2.52. The summed E-state index contributed by atoms with van der Waals surface area (Å²) in [4.78, 5) is 28.5. The highest BCUT2D eigenvalue weighted by molar-refractivity contribution is 7.92. The minimum Gasteiger partial charge on any atom is -0.355 e. The third kappa shape index (κ3) is 6.98. The van der Waals surface area contributed by atoms with Gasteiger partial charge in [0.05, 0.1) is 10.6 Å². The molecule has 0 aromatic heterocycles. The summed E-state index contributed by atoms with van der Waals surface area (Å²) in [7, 11) is -4.06. The first-order valence-electron chi connectivity index (χ1n) is 12.4. The topological polar surface area (TPSA) is 86.8 Å². The first-order chi connectivity index (χ1) is 17.7. The van der Waals surface area contributed by atoms with Crippen molar-refractivity contribution in [3.05, 3.63) is 95.6 Å². The quantitative estimate of drug-likeness (QED) is 0.404. The molecule has 1 N–H and O–H groups in total. The van der Waals surface area contributed by atoms with E-state index in [-0.39, 0.29) is 17.3 Å². The molecule has 1 atom stereocenters. The van der Waals surface area contributed by atoms with E-state index < -0.39 is 28.5 Å². The lowest BCUT2D eigenvalue weighted by molar-refractivity contribution is -0.140. The number of likely N-dealkylation sites (N-methyl/N-ethyl adjacent to an activating group) is 1. The number of sulfonamides is 1. The molecule has 0 spiro atoms. The summed E-state index contributed by atoms with van der Waals surface area (Å²) >= 11 is 0. The summed E-state index contributed by atoms with van der Waals surface area (Å²) < 4.78 is 28.6. The van der Waals surface area contributed by atoms with E-state index in [1.807, 2.05) is 58.0 Å². The summed E-state index contributed by atoms with van der Waals surface area (Å²) in [5.41, 5.74) is 3.15. The molecule has 196 valence electrons. The summed E-state index contributed by atoms with van der Waals surface area (Å²) in [6, 6.07) is 22.1. The van der Waals surface area contributed by atoms with Gasteiger partial charge in [-0.2, -0.15) is 0 Å². The molecule has 7 nitrogen and oxygen atoms in total. The molecule has 0 aliphatic heterocycles. The Balaban J connectivity index is 2.05. The number of rotatable bonds is 11. The van der Waals surface area contributed by atoms with Crippen LogP contribution in [0.2, 0.25) is 0 Å². The van der Waals surface area contributed by atoms with Crippen molar-refractivity contribution in [1.82, 2.24) is 10.2 Å². The van der Waals surface area contributed by atoms with Gasteiger partial charge in [0.2, 0.25) is 11.8 Å². The van der Waals surface area contributed by atoms with Gasteiger partial charge in [-0.1, -0.05) is 67.1 Å². The van der Waals surface area contributed by atoms with Crippen LogP contribution >= 0.6 is 0 Å². The molecular formula is C29H35N3O4S. The second-order valence-electron chi connectivity index (χ2n) is 8.99. The van der Waals surface area contributed by atoms with E-state index in [1.54, 1.807) is 36.4 Å². The molecule has 3 aromatic rings. The van der Waals surface area contributed by atoms with Gasteiger partial charge < -0.3 is 10.2 Å². The van der Waals surface area contributed by atoms with Gasteiger partial charge in [-0.05, 0) is 62.6 Å². The number of nitrogens with one attached hydrogen (secondary N) is 1. The summed E-state index contributed by atoms with van der Waals surface area (Å²) in [6.07, 6.45) is 0.388. The Kier molecular flexibility index (Phi) is 9.47. The van der Waals surface area contributed by atoms with Crippen LogP contribution < -0.4 is 9.62 Å². The monoisotopic (exact) mass is 521 g/mol. The molecule has 37 heavy (non-hydrogen) atoms. The highest BCUT2D eigenvalue weighted by atomic mass is 32.2. The van der Waals surface area contributed by atoms with Crippen LogP contribution in [0.25, 0.3) is 0 Å². The van der Waals surface area contributed by atoms with E-state index in [1.165, 1.54) is 17.0 Å². The van der Waals surface area contributed by atoms with Crippen molar-refractivity contribution < 1.29 is 18.0 Å². The van der Waals surface area contributed by atoms with Crippen LogP contribution in [0.3, 0.4) is 0 Å². The average molecular weight is 522 g/mol. The normalized spacial score (nSPS) is 12.0. The largest absolute Gasteiger partial charge is 0.355 e. The predicted octanol–water partition coefficient (Wildman–Crippen LogP) is 4.44. The minimum absolute atomic E-state index is 0.0882. The number of hydrogen-bond donors (Lipinski definition) is 1. The van der Waals surface area contributed by atoms with Crippen LogP contribution in [0, 0.1) is 13.8 Å². The number of benzene rings is 3. The van der Waals surface area contributed by atoms with Gasteiger partial charge in [0.15, 0.2) is 0 Å². The number of anilines is 1. The Morgan fingerprint density at radius 2 is 1.51 bits per heavy atom. The first kappa shape index (κ1) is 27.9. The third-order valence-electron chi connectivity index (χ3n) is 6.07. The summed E-state index contributed by atoms with van der Waals surface area (Å²) in [6.45, 7) is 7.66. The number of amides is 2. The van der Waals surface area contributed by atoms with Gasteiger partial charge in [-0.25, -0.2) is 8.42 Å². The molecule has 0 saturated carbocycles. The summed E-state index contributed by atoms with van der Waals surface area (Å²) in [5.74, 6) is -0.723. The zero-order valence-corrected chi connectivity index (χ0v) is 22.7. The molecular weight excluding hydrogens is 486 g/mol. The molecule has 8 heteroatoms. The number of hydrogen-bond acceptors (Lipinski definition) is 4. The number of carbonyl (C=O) groups is 2.